The summed E-state index contributed by atoms with van der Waals surface area (Å²) in [4.78, 5) is 31.0. The van der Waals surface area contributed by atoms with Gasteiger partial charge in [-0.25, -0.2) is 14.3 Å². The van der Waals surface area contributed by atoms with Crippen LogP contribution in [0.25, 0.3) is 5.65 Å². The normalized spacial score (nSPS) is 13.4. The van der Waals surface area contributed by atoms with E-state index in [1.807, 2.05) is 6.92 Å². The van der Waals surface area contributed by atoms with Crippen LogP contribution in [0.1, 0.15) is 57.5 Å². The summed E-state index contributed by atoms with van der Waals surface area (Å²) < 4.78 is 7.43. The third-order valence-electron chi connectivity index (χ3n) is 4.59. The molecule has 3 heterocycles. The van der Waals surface area contributed by atoms with E-state index in [1.165, 1.54) is 15.9 Å². The van der Waals surface area contributed by atoms with Gasteiger partial charge in [0.25, 0.3) is 5.91 Å². The molecule has 0 bridgehead atoms. The molecule has 0 aromatic carbocycles. The largest absolute Gasteiger partial charge is 0.462 e. The predicted octanol–water partition coefficient (Wildman–Crippen LogP) is 4.25. The van der Waals surface area contributed by atoms with Crippen LogP contribution >= 0.6 is 27.3 Å². The lowest BCUT2D eigenvalue weighted by Gasteiger charge is -2.12. The van der Waals surface area contributed by atoms with Crippen molar-refractivity contribution < 1.29 is 14.3 Å². The third-order valence-corrected chi connectivity index (χ3v) is 6.53. The van der Waals surface area contributed by atoms with Gasteiger partial charge in [0, 0.05) is 17.3 Å². The summed E-state index contributed by atoms with van der Waals surface area (Å²) in [5.41, 5.74) is 2.29. The smallest absolute Gasteiger partial charge is 0.341 e. The Bertz CT molecular complexity index is 1060. The molecule has 0 spiro atoms. The number of hydrogen-bond acceptors (Lipinski definition) is 6. The van der Waals surface area contributed by atoms with Gasteiger partial charge in [-0.2, -0.15) is 5.10 Å². The minimum absolute atomic E-state index is 0.220. The van der Waals surface area contributed by atoms with Crippen molar-refractivity contribution in [2.24, 2.45) is 0 Å². The number of carbonyl (C=O) groups is 2. The van der Waals surface area contributed by atoms with Crippen molar-refractivity contribution in [2.45, 2.75) is 39.0 Å². The second-order valence-corrected chi connectivity index (χ2v) is 8.45. The molecule has 9 heteroatoms. The maximum atomic E-state index is 12.9. The van der Waals surface area contributed by atoms with E-state index in [0.29, 0.717) is 27.3 Å². The van der Waals surface area contributed by atoms with Crippen LogP contribution in [0.4, 0.5) is 5.00 Å². The molecule has 1 amide bonds. The van der Waals surface area contributed by atoms with Crippen LogP contribution in [0.3, 0.4) is 0 Å². The van der Waals surface area contributed by atoms with E-state index in [4.69, 9.17) is 4.74 Å². The molecule has 0 aliphatic heterocycles. The van der Waals surface area contributed by atoms with Gasteiger partial charge in [0.15, 0.2) is 11.3 Å². The summed E-state index contributed by atoms with van der Waals surface area (Å²) in [5.74, 6) is -0.757. The van der Waals surface area contributed by atoms with E-state index in [0.717, 1.165) is 42.5 Å². The number of ether oxygens (including phenoxy) is 1. The SMILES string of the molecule is CCCOC(=O)c1c(NC(=O)c2nn3cccnc3c2Br)sc2c1CCCC2. The number of nitrogens with zero attached hydrogens (tertiary/aromatic N) is 3. The zero-order valence-electron chi connectivity index (χ0n) is 15.3. The number of carbonyl (C=O) groups excluding carboxylic acids is 2. The van der Waals surface area contributed by atoms with Gasteiger partial charge >= 0.3 is 5.97 Å². The number of amides is 1. The zero-order chi connectivity index (χ0) is 19.7. The van der Waals surface area contributed by atoms with Gasteiger partial charge < -0.3 is 10.1 Å². The Morgan fingerprint density at radius 3 is 2.96 bits per heavy atom. The number of aryl methyl sites for hydroxylation is 1. The Hall–Kier alpha value is -2.26. The molecule has 28 heavy (non-hydrogen) atoms. The number of esters is 1. The molecule has 7 nitrogen and oxygen atoms in total. The monoisotopic (exact) mass is 462 g/mol. The highest BCUT2D eigenvalue weighted by Crippen LogP contribution is 2.39. The standard InChI is InChI=1S/C19H19BrN4O3S/c1-2-10-27-19(26)13-11-6-3-4-7-12(11)28-18(13)22-17(25)15-14(20)16-21-8-5-9-24(16)23-15/h5,8-9H,2-4,6-7,10H2,1H3,(H,22,25). The second-order valence-electron chi connectivity index (χ2n) is 6.56. The van der Waals surface area contributed by atoms with Crippen molar-refractivity contribution in [3.8, 4) is 0 Å². The lowest BCUT2D eigenvalue weighted by Crippen LogP contribution is -2.16. The average Bonchev–Trinajstić information content (AvgIpc) is 3.24. The summed E-state index contributed by atoms with van der Waals surface area (Å²) in [7, 11) is 0. The summed E-state index contributed by atoms with van der Waals surface area (Å²) in [6.45, 7) is 2.31. The van der Waals surface area contributed by atoms with Gasteiger partial charge in [0.05, 0.1) is 16.6 Å². The van der Waals surface area contributed by atoms with Gasteiger partial charge in [-0.3, -0.25) is 4.79 Å². The summed E-state index contributed by atoms with van der Waals surface area (Å²) >= 11 is 4.87. The number of halogens is 1. The molecule has 0 radical (unpaired) electrons. The molecule has 1 N–H and O–H groups in total. The highest BCUT2D eigenvalue weighted by molar-refractivity contribution is 9.10. The maximum absolute atomic E-state index is 12.9. The molecule has 0 saturated carbocycles. The molecule has 146 valence electrons. The molecule has 0 saturated heterocycles. The van der Waals surface area contributed by atoms with Gasteiger partial charge in [-0.15, -0.1) is 11.3 Å². The predicted molar refractivity (Wildman–Crippen MR) is 110 cm³/mol. The highest BCUT2D eigenvalue weighted by atomic mass is 79.9. The van der Waals surface area contributed by atoms with Gasteiger partial charge in [-0.1, -0.05) is 6.92 Å². The average molecular weight is 463 g/mol. The Morgan fingerprint density at radius 1 is 1.36 bits per heavy atom. The molecule has 1 aliphatic carbocycles. The van der Waals surface area contributed by atoms with Crippen LogP contribution in [0.5, 0.6) is 0 Å². The summed E-state index contributed by atoms with van der Waals surface area (Å²) in [5, 5.41) is 7.72. The second kappa shape index (κ2) is 8.00. The molecule has 4 rings (SSSR count). The van der Waals surface area contributed by atoms with Crippen molar-refractivity contribution in [3.63, 3.8) is 0 Å². The van der Waals surface area contributed by atoms with Gasteiger partial charge in [-0.05, 0) is 59.7 Å². The molecular weight excluding hydrogens is 444 g/mol. The fourth-order valence-corrected chi connectivity index (χ4v) is 5.12. The summed E-state index contributed by atoms with van der Waals surface area (Å²) in [6, 6.07) is 1.74. The molecule has 3 aromatic heterocycles. The van der Waals surface area contributed by atoms with Crippen LogP contribution in [0, 0.1) is 0 Å². The first kappa shape index (κ1) is 19.1. The van der Waals surface area contributed by atoms with E-state index in [9.17, 15) is 9.59 Å². The lowest BCUT2D eigenvalue weighted by atomic mass is 9.95. The Labute approximate surface area is 174 Å². The quantitative estimate of drug-likeness (QED) is 0.572. The lowest BCUT2D eigenvalue weighted by molar-refractivity contribution is 0.0505. The molecule has 1 aliphatic rings. The number of aromatic nitrogens is 3. The van der Waals surface area contributed by atoms with Crippen LogP contribution in [-0.2, 0) is 17.6 Å². The summed E-state index contributed by atoms with van der Waals surface area (Å²) in [6.07, 6.45) is 8.00. The highest BCUT2D eigenvalue weighted by Gasteiger charge is 2.28. The van der Waals surface area contributed by atoms with E-state index >= 15 is 0 Å². The number of hydrogen-bond donors (Lipinski definition) is 1. The van der Waals surface area contributed by atoms with Crippen molar-refractivity contribution >= 4 is 49.8 Å². The van der Waals surface area contributed by atoms with Crippen molar-refractivity contribution in [2.75, 3.05) is 11.9 Å². The van der Waals surface area contributed by atoms with E-state index < -0.39 is 0 Å². The van der Waals surface area contributed by atoms with Crippen LogP contribution in [0.2, 0.25) is 0 Å². The van der Waals surface area contributed by atoms with E-state index in [2.05, 4.69) is 31.3 Å². The molecule has 3 aromatic rings. The van der Waals surface area contributed by atoms with Gasteiger partial charge in [0.2, 0.25) is 0 Å². The Balaban J connectivity index is 1.68. The van der Waals surface area contributed by atoms with Crippen LogP contribution < -0.4 is 5.32 Å². The fraction of sp³-hybridized carbons (Fsp3) is 0.368. The Kier molecular flexibility index (Phi) is 5.45. The van der Waals surface area contributed by atoms with Crippen molar-refractivity contribution in [1.82, 2.24) is 14.6 Å². The molecule has 0 fully saturated rings. The van der Waals surface area contributed by atoms with Crippen molar-refractivity contribution in [3.05, 3.63) is 44.6 Å². The number of fused-ring (bicyclic) bond motifs is 2. The number of thiophene rings is 1. The third kappa shape index (κ3) is 3.44. The van der Waals surface area contributed by atoms with Crippen LogP contribution in [-0.4, -0.2) is 33.1 Å². The molecule has 0 atom stereocenters. The number of nitrogens with one attached hydrogen (secondary N) is 1. The topological polar surface area (TPSA) is 85.6 Å². The fourth-order valence-electron chi connectivity index (χ4n) is 3.30. The minimum atomic E-state index is -0.388. The number of anilines is 1. The van der Waals surface area contributed by atoms with Gasteiger partial charge in [0.1, 0.15) is 5.00 Å². The first-order chi connectivity index (χ1) is 13.6. The van der Waals surface area contributed by atoms with Crippen molar-refractivity contribution in [1.29, 1.82) is 0 Å². The van der Waals surface area contributed by atoms with E-state index in [-0.39, 0.29) is 17.6 Å². The Morgan fingerprint density at radius 2 is 2.18 bits per heavy atom. The van der Waals surface area contributed by atoms with E-state index in [1.54, 1.807) is 18.5 Å². The molecule has 0 unspecified atom stereocenters. The number of rotatable bonds is 5. The zero-order valence-corrected chi connectivity index (χ0v) is 17.7. The maximum Gasteiger partial charge on any atom is 0.341 e. The first-order valence-electron chi connectivity index (χ1n) is 9.22. The minimum Gasteiger partial charge on any atom is -0.462 e. The molecular formula is C19H19BrN4O3S. The van der Waals surface area contributed by atoms with Crippen LogP contribution in [0.15, 0.2) is 22.9 Å². The first-order valence-corrected chi connectivity index (χ1v) is 10.8.